The number of amides is 1. The lowest BCUT2D eigenvalue weighted by Crippen LogP contribution is -2.51. The number of piperazine rings is 1. The van der Waals surface area contributed by atoms with Crippen molar-refractivity contribution in [2.24, 2.45) is 0 Å². The van der Waals surface area contributed by atoms with E-state index in [0.29, 0.717) is 6.42 Å². The second-order valence-electron chi connectivity index (χ2n) is 5.38. The van der Waals surface area contributed by atoms with Crippen LogP contribution >= 0.6 is 0 Å². The Kier molecular flexibility index (Phi) is 6.11. The molecule has 2 rings (SSSR count). The van der Waals surface area contributed by atoms with Gasteiger partial charge in [0.2, 0.25) is 10.0 Å². The zero-order valence-electron chi connectivity index (χ0n) is 13.3. The maximum atomic E-state index is 12.5. The van der Waals surface area contributed by atoms with Gasteiger partial charge >= 0.3 is 6.61 Å². The normalized spacial score (nSPS) is 16.4. The van der Waals surface area contributed by atoms with Crippen LogP contribution in [0.3, 0.4) is 0 Å². The molecule has 0 radical (unpaired) electrons. The van der Waals surface area contributed by atoms with Gasteiger partial charge in [0.25, 0.3) is 5.91 Å². The number of alkyl halides is 2. The Morgan fingerprint density at radius 3 is 2.42 bits per heavy atom. The summed E-state index contributed by atoms with van der Waals surface area (Å²) in [6, 6.07) is 5.79. The zero-order chi connectivity index (χ0) is 17.7. The van der Waals surface area contributed by atoms with Gasteiger partial charge in [-0.15, -0.1) is 0 Å². The summed E-state index contributed by atoms with van der Waals surface area (Å²) in [4.78, 5) is 14.0. The molecule has 1 amide bonds. The predicted octanol–water partition coefficient (Wildman–Crippen LogP) is 1.79. The number of carbonyl (C=O) groups is 1. The average molecular weight is 362 g/mol. The van der Waals surface area contributed by atoms with Gasteiger partial charge < -0.3 is 9.64 Å². The van der Waals surface area contributed by atoms with Crippen LogP contribution < -0.4 is 4.74 Å². The molecule has 1 saturated heterocycles. The maximum Gasteiger partial charge on any atom is 0.387 e. The number of carbonyl (C=O) groups excluding carboxylic acids is 1. The van der Waals surface area contributed by atoms with Crippen LogP contribution in [0.4, 0.5) is 8.78 Å². The van der Waals surface area contributed by atoms with Crippen LogP contribution in [-0.2, 0) is 10.0 Å². The van der Waals surface area contributed by atoms with Crippen molar-refractivity contribution in [3.63, 3.8) is 0 Å². The fraction of sp³-hybridized carbons (Fsp3) is 0.533. The van der Waals surface area contributed by atoms with Crippen molar-refractivity contribution >= 4 is 15.9 Å². The third kappa shape index (κ3) is 4.41. The molecule has 0 bridgehead atoms. The van der Waals surface area contributed by atoms with Crippen LogP contribution in [0, 0.1) is 0 Å². The second kappa shape index (κ2) is 7.89. The number of ether oxygens (including phenoxy) is 1. The molecule has 0 saturated carbocycles. The van der Waals surface area contributed by atoms with Gasteiger partial charge in [-0.2, -0.15) is 13.1 Å². The Labute approximate surface area is 140 Å². The molecule has 0 aliphatic carbocycles. The molecule has 1 fully saturated rings. The van der Waals surface area contributed by atoms with Gasteiger partial charge in [0, 0.05) is 26.2 Å². The summed E-state index contributed by atoms with van der Waals surface area (Å²) >= 11 is 0. The van der Waals surface area contributed by atoms with Crippen LogP contribution in [-0.4, -0.2) is 62.1 Å². The number of halogens is 2. The smallest absolute Gasteiger partial charge is 0.387 e. The van der Waals surface area contributed by atoms with Crippen molar-refractivity contribution in [1.29, 1.82) is 0 Å². The van der Waals surface area contributed by atoms with Gasteiger partial charge in [0.1, 0.15) is 5.75 Å². The Bertz CT molecular complexity index is 674. The van der Waals surface area contributed by atoms with Crippen LogP contribution in [0.2, 0.25) is 0 Å². The molecule has 134 valence electrons. The number of rotatable bonds is 6. The molecule has 9 heteroatoms. The predicted molar refractivity (Wildman–Crippen MR) is 84.6 cm³/mol. The average Bonchev–Trinajstić information content (AvgIpc) is 2.54. The summed E-state index contributed by atoms with van der Waals surface area (Å²) in [5.74, 6) is -0.552. The van der Waals surface area contributed by atoms with Crippen molar-refractivity contribution in [3.05, 3.63) is 29.8 Å². The molecule has 1 aromatic carbocycles. The molecule has 1 heterocycles. The van der Waals surface area contributed by atoms with E-state index in [1.165, 1.54) is 27.4 Å². The van der Waals surface area contributed by atoms with E-state index < -0.39 is 22.5 Å². The van der Waals surface area contributed by atoms with Crippen molar-refractivity contribution < 1.29 is 26.7 Å². The van der Waals surface area contributed by atoms with Gasteiger partial charge in [-0.3, -0.25) is 4.79 Å². The number of para-hydroxylation sites is 1. The first-order valence-corrected chi connectivity index (χ1v) is 9.27. The monoisotopic (exact) mass is 362 g/mol. The third-order valence-corrected chi connectivity index (χ3v) is 5.79. The molecule has 0 aromatic heterocycles. The van der Waals surface area contributed by atoms with Crippen LogP contribution in [0.15, 0.2) is 24.3 Å². The summed E-state index contributed by atoms with van der Waals surface area (Å²) in [6.45, 7) is -0.403. The minimum Gasteiger partial charge on any atom is -0.434 e. The van der Waals surface area contributed by atoms with E-state index in [2.05, 4.69) is 4.74 Å². The van der Waals surface area contributed by atoms with Crippen molar-refractivity contribution in [2.45, 2.75) is 20.0 Å². The first-order chi connectivity index (χ1) is 11.3. The largest absolute Gasteiger partial charge is 0.434 e. The molecular weight excluding hydrogens is 342 g/mol. The second-order valence-corrected chi connectivity index (χ2v) is 7.47. The standard InChI is InChI=1S/C15H20F2N2O4S/c1-2-11-24(21,22)19-9-7-18(8-10-19)14(20)12-5-3-4-6-13(12)23-15(16)17/h3-6,15H,2,7-11H2,1H3. The number of sulfonamides is 1. The highest BCUT2D eigenvalue weighted by Crippen LogP contribution is 2.23. The molecular formula is C15H20F2N2O4S. The van der Waals surface area contributed by atoms with Crippen molar-refractivity contribution in [1.82, 2.24) is 9.21 Å². The van der Waals surface area contributed by atoms with E-state index >= 15 is 0 Å². The number of benzene rings is 1. The summed E-state index contributed by atoms with van der Waals surface area (Å²) < 4.78 is 54.7. The van der Waals surface area contributed by atoms with Gasteiger partial charge in [-0.05, 0) is 18.6 Å². The highest BCUT2D eigenvalue weighted by molar-refractivity contribution is 7.89. The Balaban J connectivity index is 2.06. The summed E-state index contributed by atoms with van der Waals surface area (Å²) in [7, 11) is -3.30. The van der Waals surface area contributed by atoms with E-state index in [4.69, 9.17) is 0 Å². The minimum absolute atomic E-state index is 0.0441. The summed E-state index contributed by atoms with van der Waals surface area (Å²) in [5.41, 5.74) is 0.0441. The Morgan fingerprint density at radius 2 is 1.83 bits per heavy atom. The van der Waals surface area contributed by atoms with E-state index in [-0.39, 0.29) is 43.2 Å². The lowest BCUT2D eigenvalue weighted by molar-refractivity contribution is -0.0503. The summed E-state index contributed by atoms with van der Waals surface area (Å²) in [5, 5.41) is 0. The molecule has 24 heavy (non-hydrogen) atoms. The van der Waals surface area contributed by atoms with Crippen LogP contribution in [0.25, 0.3) is 0 Å². The van der Waals surface area contributed by atoms with E-state index in [9.17, 15) is 22.0 Å². The molecule has 0 N–H and O–H groups in total. The lowest BCUT2D eigenvalue weighted by Gasteiger charge is -2.34. The molecule has 0 unspecified atom stereocenters. The Morgan fingerprint density at radius 1 is 1.21 bits per heavy atom. The zero-order valence-corrected chi connectivity index (χ0v) is 14.1. The number of hydrogen-bond acceptors (Lipinski definition) is 4. The molecule has 0 atom stereocenters. The molecule has 0 spiro atoms. The summed E-state index contributed by atoms with van der Waals surface area (Å²) in [6.07, 6.45) is 0.528. The quantitative estimate of drug-likeness (QED) is 0.774. The highest BCUT2D eigenvalue weighted by atomic mass is 32.2. The molecule has 1 aromatic rings. The van der Waals surface area contributed by atoms with Crippen molar-refractivity contribution in [2.75, 3.05) is 31.9 Å². The lowest BCUT2D eigenvalue weighted by atomic mass is 10.1. The molecule has 1 aliphatic rings. The maximum absolute atomic E-state index is 12.5. The SMILES string of the molecule is CCCS(=O)(=O)N1CCN(C(=O)c2ccccc2OC(F)F)CC1. The fourth-order valence-electron chi connectivity index (χ4n) is 2.57. The van der Waals surface area contributed by atoms with Gasteiger partial charge in [-0.1, -0.05) is 19.1 Å². The minimum atomic E-state index is -3.30. The number of nitrogens with zero attached hydrogens (tertiary/aromatic N) is 2. The molecule has 1 aliphatic heterocycles. The Hall–Kier alpha value is -1.74. The fourth-order valence-corrected chi connectivity index (χ4v) is 4.06. The van der Waals surface area contributed by atoms with Gasteiger partial charge in [0.15, 0.2) is 0 Å². The topological polar surface area (TPSA) is 66.9 Å². The van der Waals surface area contributed by atoms with E-state index in [1.54, 1.807) is 13.0 Å². The third-order valence-electron chi connectivity index (χ3n) is 3.71. The van der Waals surface area contributed by atoms with Crippen LogP contribution in [0.5, 0.6) is 5.75 Å². The van der Waals surface area contributed by atoms with Gasteiger partial charge in [0.05, 0.1) is 11.3 Å². The first-order valence-electron chi connectivity index (χ1n) is 7.66. The van der Waals surface area contributed by atoms with E-state index in [0.717, 1.165) is 0 Å². The highest BCUT2D eigenvalue weighted by Gasteiger charge is 2.29. The molecule has 6 nitrogen and oxygen atoms in total. The van der Waals surface area contributed by atoms with E-state index in [1.807, 2.05) is 0 Å². The first kappa shape index (κ1) is 18.6. The number of hydrogen-bond donors (Lipinski definition) is 0. The van der Waals surface area contributed by atoms with Gasteiger partial charge in [-0.25, -0.2) is 8.42 Å². The van der Waals surface area contributed by atoms with Crippen LogP contribution in [0.1, 0.15) is 23.7 Å². The van der Waals surface area contributed by atoms with Crippen molar-refractivity contribution in [3.8, 4) is 5.75 Å².